The predicted octanol–water partition coefficient (Wildman–Crippen LogP) is 3.07. The van der Waals surface area contributed by atoms with Gasteiger partial charge in [-0.3, -0.25) is 4.98 Å². The third kappa shape index (κ3) is 4.29. The number of hydrogen-bond acceptors (Lipinski definition) is 3. The van der Waals surface area contributed by atoms with Crippen molar-refractivity contribution in [3.63, 3.8) is 0 Å². The van der Waals surface area contributed by atoms with Crippen LogP contribution in [0.5, 0.6) is 0 Å². The molecule has 2 aromatic rings. The van der Waals surface area contributed by atoms with Gasteiger partial charge in [-0.1, -0.05) is 0 Å². The zero-order chi connectivity index (χ0) is 11.9. The van der Waals surface area contributed by atoms with Crippen LogP contribution >= 0.6 is 11.3 Å². The van der Waals surface area contributed by atoms with Gasteiger partial charge in [0.15, 0.2) is 0 Å². The number of nitrogens with zero attached hydrogens (tertiary/aromatic N) is 1. The molecule has 2 nitrogen and oxygen atoms in total. The number of hydrogen-bond donors (Lipinski definition) is 1. The van der Waals surface area contributed by atoms with E-state index < -0.39 is 0 Å². The van der Waals surface area contributed by atoms with E-state index in [1.54, 1.807) is 23.7 Å². The normalized spacial score (nSPS) is 12.5. The number of thiophene rings is 1. The molecule has 0 aliphatic rings. The molecule has 17 heavy (non-hydrogen) atoms. The Hall–Kier alpha value is -1.19. The van der Waals surface area contributed by atoms with Crippen LogP contribution in [0.25, 0.3) is 0 Å². The number of aliphatic hydroxyl groups is 1. The fourth-order valence-electron chi connectivity index (χ4n) is 1.80. The molecule has 90 valence electrons. The summed E-state index contributed by atoms with van der Waals surface area (Å²) in [7, 11) is 0. The summed E-state index contributed by atoms with van der Waals surface area (Å²) in [5, 5.41) is 14.1. The quantitative estimate of drug-likeness (QED) is 0.851. The van der Waals surface area contributed by atoms with Crippen LogP contribution < -0.4 is 0 Å². The molecule has 2 heterocycles. The van der Waals surface area contributed by atoms with Crippen LogP contribution in [0.1, 0.15) is 24.0 Å². The van der Waals surface area contributed by atoms with Crippen molar-refractivity contribution in [3.05, 3.63) is 52.5 Å². The van der Waals surface area contributed by atoms with Gasteiger partial charge in [0.05, 0.1) is 6.10 Å². The van der Waals surface area contributed by atoms with E-state index in [-0.39, 0.29) is 6.10 Å². The van der Waals surface area contributed by atoms with Crippen molar-refractivity contribution in [2.24, 2.45) is 0 Å². The number of aliphatic hydroxyl groups excluding tert-OH is 1. The maximum Gasteiger partial charge on any atom is 0.0546 e. The van der Waals surface area contributed by atoms with Gasteiger partial charge in [0.2, 0.25) is 0 Å². The van der Waals surface area contributed by atoms with Crippen molar-refractivity contribution in [1.29, 1.82) is 0 Å². The lowest BCUT2D eigenvalue weighted by atomic mass is 10.0. The highest BCUT2D eigenvalue weighted by Crippen LogP contribution is 2.12. The molecule has 0 fully saturated rings. The lowest BCUT2D eigenvalue weighted by Gasteiger charge is -2.09. The Morgan fingerprint density at radius 1 is 1.06 bits per heavy atom. The van der Waals surface area contributed by atoms with Crippen LogP contribution in [0.15, 0.2) is 41.4 Å². The molecule has 0 amide bonds. The van der Waals surface area contributed by atoms with Gasteiger partial charge in [0.25, 0.3) is 0 Å². The zero-order valence-electron chi connectivity index (χ0n) is 9.75. The first-order valence-electron chi connectivity index (χ1n) is 5.92. The first-order valence-corrected chi connectivity index (χ1v) is 6.87. The molecule has 0 radical (unpaired) electrons. The van der Waals surface area contributed by atoms with Gasteiger partial charge >= 0.3 is 0 Å². The maximum atomic E-state index is 9.90. The van der Waals surface area contributed by atoms with E-state index in [2.05, 4.69) is 21.8 Å². The SMILES string of the molecule is OC(CCc1ccncc1)CCc1ccsc1. The van der Waals surface area contributed by atoms with Gasteiger partial charge in [-0.15, -0.1) is 0 Å². The minimum Gasteiger partial charge on any atom is -0.393 e. The summed E-state index contributed by atoms with van der Waals surface area (Å²) in [6.45, 7) is 0. The van der Waals surface area contributed by atoms with Crippen LogP contribution in [-0.4, -0.2) is 16.2 Å². The Morgan fingerprint density at radius 2 is 1.76 bits per heavy atom. The van der Waals surface area contributed by atoms with E-state index in [0.717, 1.165) is 25.7 Å². The number of pyridine rings is 1. The van der Waals surface area contributed by atoms with Crippen molar-refractivity contribution in [2.45, 2.75) is 31.8 Å². The smallest absolute Gasteiger partial charge is 0.0546 e. The first kappa shape index (κ1) is 12.3. The Kier molecular flexibility index (Phi) is 4.71. The summed E-state index contributed by atoms with van der Waals surface area (Å²) in [4.78, 5) is 3.98. The second-order valence-corrected chi connectivity index (χ2v) is 5.00. The van der Waals surface area contributed by atoms with Crippen LogP contribution in [-0.2, 0) is 12.8 Å². The molecule has 3 heteroatoms. The summed E-state index contributed by atoms with van der Waals surface area (Å²) < 4.78 is 0. The fourth-order valence-corrected chi connectivity index (χ4v) is 2.50. The Labute approximate surface area is 106 Å². The fraction of sp³-hybridized carbons (Fsp3) is 0.357. The molecule has 2 rings (SSSR count). The van der Waals surface area contributed by atoms with Gasteiger partial charge in [-0.2, -0.15) is 11.3 Å². The van der Waals surface area contributed by atoms with Gasteiger partial charge in [0, 0.05) is 12.4 Å². The molecule has 0 bridgehead atoms. The largest absolute Gasteiger partial charge is 0.393 e. The summed E-state index contributed by atoms with van der Waals surface area (Å²) >= 11 is 1.71. The molecule has 1 N–H and O–H groups in total. The standard InChI is InChI=1S/C14H17NOS/c16-14(4-2-13-7-10-17-11-13)3-1-12-5-8-15-9-6-12/h5-11,14,16H,1-4H2. The van der Waals surface area contributed by atoms with Crippen LogP contribution in [0, 0.1) is 0 Å². The Morgan fingerprint density at radius 3 is 2.41 bits per heavy atom. The molecule has 0 saturated carbocycles. The van der Waals surface area contributed by atoms with Crippen molar-refractivity contribution in [1.82, 2.24) is 4.98 Å². The Bertz CT molecular complexity index is 413. The third-order valence-electron chi connectivity index (χ3n) is 2.86. The molecule has 0 spiro atoms. The van der Waals surface area contributed by atoms with Crippen LogP contribution in [0.4, 0.5) is 0 Å². The highest BCUT2D eigenvalue weighted by molar-refractivity contribution is 7.07. The average Bonchev–Trinajstić information content (AvgIpc) is 2.88. The summed E-state index contributed by atoms with van der Waals surface area (Å²) in [6.07, 6.45) is 6.97. The monoisotopic (exact) mass is 247 g/mol. The van der Waals surface area contributed by atoms with E-state index in [4.69, 9.17) is 0 Å². The van der Waals surface area contributed by atoms with Gasteiger partial charge in [-0.25, -0.2) is 0 Å². The van der Waals surface area contributed by atoms with E-state index in [9.17, 15) is 5.11 Å². The molecule has 0 aliphatic carbocycles. The van der Waals surface area contributed by atoms with Crippen molar-refractivity contribution < 1.29 is 5.11 Å². The second-order valence-electron chi connectivity index (χ2n) is 4.22. The second kappa shape index (κ2) is 6.52. The summed E-state index contributed by atoms with van der Waals surface area (Å²) in [5.74, 6) is 0. The first-order chi connectivity index (χ1) is 8.34. The molecule has 0 aromatic carbocycles. The van der Waals surface area contributed by atoms with Crippen LogP contribution in [0.2, 0.25) is 0 Å². The van der Waals surface area contributed by atoms with Gasteiger partial charge in [-0.05, 0) is 65.8 Å². The highest BCUT2D eigenvalue weighted by Gasteiger charge is 2.05. The molecule has 1 unspecified atom stereocenters. The Balaban J connectivity index is 1.69. The van der Waals surface area contributed by atoms with Crippen molar-refractivity contribution >= 4 is 11.3 Å². The van der Waals surface area contributed by atoms with E-state index in [1.165, 1.54) is 11.1 Å². The predicted molar refractivity (Wildman–Crippen MR) is 71.2 cm³/mol. The van der Waals surface area contributed by atoms with E-state index >= 15 is 0 Å². The lowest BCUT2D eigenvalue weighted by Crippen LogP contribution is -2.09. The molecule has 2 aromatic heterocycles. The van der Waals surface area contributed by atoms with Crippen molar-refractivity contribution in [2.75, 3.05) is 0 Å². The molecular formula is C14H17NOS. The molecule has 0 saturated heterocycles. The topological polar surface area (TPSA) is 33.1 Å². The minimum absolute atomic E-state index is 0.205. The van der Waals surface area contributed by atoms with Crippen LogP contribution in [0.3, 0.4) is 0 Å². The van der Waals surface area contributed by atoms with E-state index in [1.807, 2.05) is 12.1 Å². The molecule has 0 aliphatic heterocycles. The van der Waals surface area contributed by atoms with E-state index in [0.29, 0.717) is 0 Å². The van der Waals surface area contributed by atoms with Crippen molar-refractivity contribution in [3.8, 4) is 0 Å². The molecular weight excluding hydrogens is 230 g/mol. The maximum absolute atomic E-state index is 9.90. The highest BCUT2D eigenvalue weighted by atomic mass is 32.1. The third-order valence-corrected chi connectivity index (χ3v) is 3.59. The average molecular weight is 247 g/mol. The number of aryl methyl sites for hydroxylation is 2. The number of rotatable bonds is 6. The minimum atomic E-state index is -0.205. The van der Waals surface area contributed by atoms with Gasteiger partial charge < -0.3 is 5.11 Å². The molecule has 1 atom stereocenters. The lowest BCUT2D eigenvalue weighted by molar-refractivity contribution is 0.155. The zero-order valence-corrected chi connectivity index (χ0v) is 10.6. The summed E-state index contributed by atoms with van der Waals surface area (Å²) in [6, 6.07) is 6.14. The number of aromatic nitrogens is 1. The van der Waals surface area contributed by atoms with Gasteiger partial charge in [0.1, 0.15) is 0 Å². The summed E-state index contributed by atoms with van der Waals surface area (Å²) in [5.41, 5.74) is 2.58.